The van der Waals surface area contributed by atoms with Crippen LogP contribution in [0.15, 0.2) is 53.6 Å². The summed E-state index contributed by atoms with van der Waals surface area (Å²) in [4.78, 5) is 1.48. The monoisotopic (exact) mass is 623 g/mol. The quantitative estimate of drug-likeness (QED) is 0.316. The molecule has 2 heterocycles. The molecule has 2 aliphatic heterocycles. The maximum absolute atomic E-state index is 13.4. The van der Waals surface area contributed by atoms with Gasteiger partial charge in [0.2, 0.25) is 16.4 Å². The van der Waals surface area contributed by atoms with Gasteiger partial charge in [0.15, 0.2) is 0 Å². The summed E-state index contributed by atoms with van der Waals surface area (Å²) < 4.78 is 113. The Bertz CT molecular complexity index is 1350. The van der Waals surface area contributed by atoms with Gasteiger partial charge in [0.1, 0.15) is 6.34 Å². The van der Waals surface area contributed by atoms with Crippen LogP contribution in [0, 0.1) is 0 Å². The molecule has 1 unspecified atom stereocenters. The third-order valence-electron chi connectivity index (χ3n) is 7.61. The predicted molar refractivity (Wildman–Crippen MR) is 141 cm³/mol. The van der Waals surface area contributed by atoms with Gasteiger partial charge in [-0.25, -0.2) is 13.1 Å². The van der Waals surface area contributed by atoms with Crippen LogP contribution in [-0.4, -0.2) is 62.6 Å². The number of benzene rings is 2. The molecule has 0 spiro atoms. The lowest BCUT2D eigenvalue weighted by Gasteiger charge is -2.51. The molecule has 0 radical (unpaired) electrons. The van der Waals surface area contributed by atoms with Crippen LogP contribution in [0.3, 0.4) is 0 Å². The van der Waals surface area contributed by atoms with Crippen molar-refractivity contribution in [2.45, 2.75) is 55.7 Å². The predicted octanol–water partition coefficient (Wildman–Crippen LogP) is 3.49. The summed E-state index contributed by atoms with van der Waals surface area (Å²) >= 11 is 0. The number of hydrogen-bond donors (Lipinski definition) is 4. The molecule has 2 aromatic rings. The molecule has 4 N–H and O–H groups in total. The van der Waals surface area contributed by atoms with Crippen molar-refractivity contribution in [3.8, 4) is 0 Å². The summed E-state index contributed by atoms with van der Waals surface area (Å²) in [5, 5.41) is 17.7. The van der Waals surface area contributed by atoms with Crippen LogP contribution in [0.4, 0.5) is 26.3 Å². The van der Waals surface area contributed by atoms with E-state index in [4.69, 9.17) is 4.74 Å². The molecule has 0 amide bonds. The van der Waals surface area contributed by atoms with Gasteiger partial charge < -0.3 is 20.1 Å². The lowest BCUT2D eigenvalue weighted by atomic mass is 9.75. The van der Waals surface area contributed by atoms with Gasteiger partial charge in [-0.15, -0.1) is 0 Å². The smallest absolute Gasteiger partial charge is 0.372 e. The van der Waals surface area contributed by atoms with Crippen LogP contribution in [0.2, 0.25) is 0 Å². The van der Waals surface area contributed by atoms with E-state index in [1.54, 1.807) is 18.2 Å². The molecule has 0 aromatic heterocycles. The first kappa shape index (κ1) is 32.0. The Morgan fingerprint density at radius 3 is 2.19 bits per heavy atom. The first-order chi connectivity index (χ1) is 19.4. The van der Waals surface area contributed by atoms with Crippen LogP contribution in [0.25, 0.3) is 0 Å². The van der Waals surface area contributed by atoms with Crippen molar-refractivity contribution >= 4 is 16.4 Å². The maximum Gasteiger partial charge on any atom is 0.416 e. The summed E-state index contributed by atoms with van der Waals surface area (Å²) in [6.45, 7) is 1.26. The molecular formula is C26H31F6N5O4S. The van der Waals surface area contributed by atoms with Gasteiger partial charge in [0.05, 0.1) is 41.2 Å². The zero-order valence-electron chi connectivity index (χ0n) is 22.6. The van der Waals surface area contributed by atoms with Crippen molar-refractivity contribution in [2.24, 2.45) is 5.10 Å². The number of nitrogens with one attached hydrogen (secondary N) is 3. The Hall–Kier alpha value is -2.92. The number of aliphatic hydroxyl groups excluding tert-OH is 1. The van der Waals surface area contributed by atoms with Gasteiger partial charge in [-0.05, 0) is 49.1 Å². The topological polar surface area (TPSA) is 115 Å². The molecule has 16 heteroatoms. The van der Waals surface area contributed by atoms with Gasteiger partial charge in [0.25, 0.3) is 0 Å². The van der Waals surface area contributed by atoms with Crippen molar-refractivity contribution in [1.29, 1.82) is 0 Å². The number of hydrazone groups is 1. The Morgan fingerprint density at radius 2 is 1.71 bits per heavy atom. The second kappa shape index (κ2) is 11.6. The minimum absolute atomic E-state index is 0.0689. The van der Waals surface area contributed by atoms with Crippen LogP contribution in [0.5, 0.6) is 0 Å². The van der Waals surface area contributed by atoms with Gasteiger partial charge in [-0.2, -0.15) is 31.4 Å². The summed E-state index contributed by atoms with van der Waals surface area (Å²) in [6.07, 6.45) is -9.41. The summed E-state index contributed by atoms with van der Waals surface area (Å²) in [6, 6.07) is 10.3. The third kappa shape index (κ3) is 7.16. The lowest BCUT2D eigenvalue weighted by Crippen LogP contribution is -2.69. The third-order valence-corrected chi connectivity index (χ3v) is 8.27. The van der Waals surface area contributed by atoms with Gasteiger partial charge >= 0.3 is 12.4 Å². The van der Waals surface area contributed by atoms with Crippen molar-refractivity contribution in [2.75, 3.05) is 26.0 Å². The fraction of sp³-hybridized carbons (Fsp3) is 0.500. The Labute approximate surface area is 239 Å². The summed E-state index contributed by atoms with van der Waals surface area (Å²) in [5.74, 6) is 0. The minimum atomic E-state index is -4.99. The van der Waals surface area contributed by atoms with Crippen molar-refractivity contribution in [3.63, 3.8) is 0 Å². The lowest BCUT2D eigenvalue weighted by molar-refractivity contribution is -0.143. The number of alkyl halides is 6. The van der Waals surface area contributed by atoms with E-state index < -0.39 is 57.0 Å². The number of rotatable bonds is 9. The number of aliphatic hydroxyl groups is 1. The zero-order valence-corrected chi connectivity index (χ0v) is 23.4. The molecule has 42 heavy (non-hydrogen) atoms. The van der Waals surface area contributed by atoms with Gasteiger partial charge in [0, 0.05) is 13.1 Å². The highest BCUT2D eigenvalue weighted by molar-refractivity contribution is 7.88. The Morgan fingerprint density at radius 1 is 1.10 bits per heavy atom. The molecule has 1 fully saturated rings. The first-order valence-electron chi connectivity index (χ1n) is 12.9. The Kier molecular flexibility index (Phi) is 8.87. The standard InChI is InChI=1S/C26H31F6N5O4S/c1-17(18-10-20(25(27,28)29)12-21(11-18)26(30,31)32)41-15-24(19-6-4-3-5-7-19)9-8-23(13-33-24,14-35-42(2,39)40)37-16-34-36-22(37)38/h3-7,10-12,16-17,22,33,35-36,38H,8-9,13-15H2,1-2H3/t17-,22?,23+,24-/m1/s1. The molecule has 2 aliphatic rings. The molecule has 2 aromatic carbocycles. The maximum atomic E-state index is 13.4. The summed E-state index contributed by atoms with van der Waals surface area (Å²) in [5.41, 5.74) is -1.85. The van der Waals surface area contributed by atoms with E-state index in [1.165, 1.54) is 18.2 Å². The largest absolute Gasteiger partial charge is 0.416 e. The van der Waals surface area contributed by atoms with E-state index >= 15 is 0 Å². The molecule has 0 aliphatic carbocycles. The molecular weight excluding hydrogens is 592 g/mol. The molecule has 1 saturated heterocycles. The van der Waals surface area contributed by atoms with Crippen molar-refractivity contribution in [3.05, 3.63) is 70.8 Å². The number of hydrogen-bond acceptors (Lipinski definition) is 8. The average Bonchev–Trinajstić information content (AvgIpc) is 3.36. The SMILES string of the molecule is C[C@@H](OC[C@@]1(c2ccccc2)CC[C@](CNS(C)(=O)=O)(N2C=NNC2O)CN1)c1cc(C(F)(F)F)cc(C(F)(F)F)c1. The molecule has 0 bridgehead atoms. The number of halogens is 6. The second-order valence-corrected chi connectivity index (χ2v) is 12.4. The highest BCUT2D eigenvalue weighted by Crippen LogP contribution is 2.40. The van der Waals surface area contributed by atoms with E-state index in [2.05, 4.69) is 20.6 Å². The van der Waals surface area contributed by atoms with E-state index in [0.717, 1.165) is 11.8 Å². The Balaban J connectivity index is 1.62. The highest BCUT2D eigenvalue weighted by Gasteiger charge is 2.49. The number of piperidine rings is 1. The zero-order chi connectivity index (χ0) is 31.0. The van der Waals surface area contributed by atoms with Crippen LogP contribution < -0.4 is 15.5 Å². The first-order valence-corrected chi connectivity index (χ1v) is 14.7. The van der Waals surface area contributed by atoms with Crippen LogP contribution >= 0.6 is 0 Å². The molecule has 0 saturated carbocycles. The normalized spacial score (nSPS) is 25.8. The number of nitrogens with zero attached hydrogens (tertiary/aromatic N) is 2. The van der Waals surface area contributed by atoms with E-state index in [1.807, 2.05) is 12.1 Å². The fourth-order valence-corrected chi connectivity index (χ4v) is 5.67. The summed E-state index contributed by atoms with van der Waals surface area (Å²) in [7, 11) is -3.61. The molecule has 9 nitrogen and oxygen atoms in total. The highest BCUT2D eigenvalue weighted by atomic mass is 32.2. The van der Waals surface area contributed by atoms with Crippen molar-refractivity contribution in [1.82, 2.24) is 20.4 Å². The van der Waals surface area contributed by atoms with Crippen LogP contribution in [0.1, 0.15) is 48.1 Å². The van der Waals surface area contributed by atoms with Crippen molar-refractivity contribution < 1.29 is 44.6 Å². The van der Waals surface area contributed by atoms with Crippen LogP contribution in [-0.2, 0) is 32.7 Å². The number of sulfonamides is 1. The second-order valence-electron chi connectivity index (χ2n) is 10.6. The van der Waals surface area contributed by atoms with Gasteiger partial charge in [-0.1, -0.05) is 30.3 Å². The number of ether oxygens (including phenoxy) is 1. The molecule has 4 atom stereocenters. The minimum Gasteiger partial charge on any atom is -0.372 e. The van der Waals surface area contributed by atoms with E-state index in [0.29, 0.717) is 25.0 Å². The van der Waals surface area contributed by atoms with E-state index in [9.17, 15) is 39.9 Å². The van der Waals surface area contributed by atoms with Gasteiger partial charge in [-0.3, -0.25) is 5.43 Å². The fourth-order valence-electron chi connectivity index (χ4n) is 5.14. The molecule has 232 valence electrons. The average molecular weight is 624 g/mol. The molecule has 4 rings (SSSR count). The van der Waals surface area contributed by atoms with E-state index in [-0.39, 0.29) is 31.3 Å².